The predicted octanol–water partition coefficient (Wildman–Crippen LogP) is 2.76. The smallest absolute Gasteiger partial charge is 0.336 e. The lowest BCUT2D eigenvalue weighted by atomic mass is 10.0. The highest BCUT2D eigenvalue weighted by Gasteiger charge is 2.20. The van der Waals surface area contributed by atoms with Crippen LogP contribution >= 0.6 is 0 Å². The number of aromatic carboxylic acids is 1. The molecular weight excluding hydrogens is 214 g/mol. The minimum atomic E-state index is -0.828. The first-order chi connectivity index (χ1) is 8.18. The molecule has 1 fully saturated rings. The number of carbonyl (C=O) groups is 1. The molecule has 0 radical (unpaired) electrons. The van der Waals surface area contributed by atoms with Crippen molar-refractivity contribution in [3.05, 3.63) is 35.4 Å². The Hall–Kier alpha value is -1.35. The van der Waals surface area contributed by atoms with E-state index in [9.17, 15) is 4.79 Å². The van der Waals surface area contributed by atoms with Gasteiger partial charge in [0.1, 0.15) is 0 Å². The summed E-state index contributed by atoms with van der Waals surface area (Å²) in [4.78, 5) is 13.5. The van der Waals surface area contributed by atoms with E-state index in [1.54, 1.807) is 12.1 Å². The van der Waals surface area contributed by atoms with Gasteiger partial charge in [0.05, 0.1) is 5.56 Å². The molecule has 1 saturated heterocycles. The fraction of sp³-hybridized carbons (Fsp3) is 0.500. The molecule has 92 valence electrons. The van der Waals surface area contributed by atoms with Crippen molar-refractivity contribution in [2.75, 3.05) is 6.54 Å². The molecule has 0 aliphatic carbocycles. The van der Waals surface area contributed by atoms with Gasteiger partial charge in [0.15, 0.2) is 0 Å². The second kappa shape index (κ2) is 5.32. The average Bonchev–Trinajstić information content (AvgIpc) is 2.32. The zero-order valence-corrected chi connectivity index (χ0v) is 10.2. The molecule has 0 spiro atoms. The summed E-state index contributed by atoms with van der Waals surface area (Å²) in [7, 11) is 0. The summed E-state index contributed by atoms with van der Waals surface area (Å²) in [5.41, 5.74) is 1.36. The van der Waals surface area contributed by atoms with Crippen LogP contribution in [0, 0.1) is 0 Å². The highest BCUT2D eigenvalue weighted by Crippen LogP contribution is 2.20. The van der Waals surface area contributed by atoms with Gasteiger partial charge in [-0.15, -0.1) is 0 Å². The van der Waals surface area contributed by atoms with Crippen LogP contribution in [0.1, 0.15) is 42.1 Å². The Kier molecular flexibility index (Phi) is 3.79. The summed E-state index contributed by atoms with van der Waals surface area (Å²) in [5, 5.41) is 9.14. The minimum Gasteiger partial charge on any atom is -0.478 e. The average molecular weight is 233 g/mol. The van der Waals surface area contributed by atoms with Gasteiger partial charge < -0.3 is 5.11 Å². The summed E-state index contributed by atoms with van der Waals surface area (Å²) >= 11 is 0. The van der Waals surface area contributed by atoms with Gasteiger partial charge in [0, 0.05) is 12.6 Å². The molecule has 17 heavy (non-hydrogen) atoms. The van der Waals surface area contributed by atoms with Crippen LogP contribution in [-0.2, 0) is 6.54 Å². The quantitative estimate of drug-likeness (QED) is 0.872. The number of hydrogen-bond acceptors (Lipinski definition) is 2. The number of nitrogens with zero attached hydrogens (tertiary/aromatic N) is 1. The van der Waals surface area contributed by atoms with Crippen LogP contribution in [0.2, 0.25) is 0 Å². The van der Waals surface area contributed by atoms with Crippen LogP contribution in [0.25, 0.3) is 0 Å². The van der Waals surface area contributed by atoms with Gasteiger partial charge in [-0.25, -0.2) is 4.79 Å². The summed E-state index contributed by atoms with van der Waals surface area (Å²) in [6.07, 6.45) is 3.73. The van der Waals surface area contributed by atoms with Crippen LogP contribution in [0.5, 0.6) is 0 Å². The van der Waals surface area contributed by atoms with Crippen molar-refractivity contribution in [2.45, 2.75) is 38.8 Å². The molecule has 2 rings (SSSR count). The standard InChI is InChI=1S/C14H19NO2/c1-11-6-4-5-9-15(11)10-12-7-2-3-8-13(12)14(16)17/h2-3,7-8,11H,4-6,9-10H2,1H3,(H,16,17). The highest BCUT2D eigenvalue weighted by molar-refractivity contribution is 5.89. The first kappa shape index (κ1) is 12.1. The number of benzene rings is 1. The first-order valence-electron chi connectivity index (χ1n) is 6.23. The van der Waals surface area contributed by atoms with E-state index < -0.39 is 5.97 Å². The van der Waals surface area contributed by atoms with Crippen molar-refractivity contribution in [3.63, 3.8) is 0 Å². The molecule has 0 amide bonds. The van der Waals surface area contributed by atoms with Crippen molar-refractivity contribution in [1.29, 1.82) is 0 Å². The van der Waals surface area contributed by atoms with E-state index in [2.05, 4.69) is 11.8 Å². The molecule has 1 atom stereocenters. The van der Waals surface area contributed by atoms with Gasteiger partial charge >= 0.3 is 5.97 Å². The number of carboxylic acids is 1. The zero-order chi connectivity index (χ0) is 12.3. The Balaban J connectivity index is 2.14. The number of rotatable bonds is 3. The molecule has 0 aromatic heterocycles. The second-order valence-electron chi connectivity index (χ2n) is 4.78. The fourth-order valence-electron chi connectivity index (χ4n) is 2.48. The number of piperidine rings is 1. The third-order valence-electron chi connectivity index (χ3n) is 3.56. The highest BCUT2D eigenvalue weighted by atomic mass is 16.4. The molecule has 1 aliphatic rings. The topological polar surface area (TPSA) is 40.5 Å². The first-order valence-corrected chi connectivity index (χ1v) is 6.23. The number of carboxylic acid groups (broad SMARTS) is 1. The summed E-state index contributed by atoms with van der Waals surface area (Å²) in [6, 6.07) is 7.87. The summed E-state index contributed by atoms with van der Waals surface area (Å²) < 4.78 is 0. The van der Waals surface area contributed by atoms with E-state index in [0.717, 1.165) is 18.7 Å². The maximum atomic E-state index is 11.1. The van der Waals surface area contributed by atoms with Crippen molar-refractivity contribution >= 4 is 5.97 Å². The van der Waals surface area contributed by atoms with Crippen LogP contribution in [-0.4, -0.2) is 28.6 Å². The molecule has 0 saturated carbocycles. The molecule has 1 aliphatic heterocycles. The maximum absolute atomic E-state index is 11.1. The predicted molar refractivity (Wildman–Crippen MR) is 67.1 cm³/mol. The maximum Gasteiger partial charge on any atom is 0.336 e. The lowest BCUT2D eigenvalue weighted by molar-refractivity contribution is 0.0692. The van der Waals surface area contributed by atoms with E-state index in [1.165, 1.54) is 19.3 Å². The lowest BCUT2D eigenvalue weighted by Crippen LogP contribution is -2.37. The zero-order valence-electron chi connectivity index (χ0n) is 10.2. The van der Waals surface area contributed by atoms with E-state index in [1.807, 2.05) is 12.1 Å². The fourth-order valence-corrected chi connectivity index (χ4v) is 2.48. The Morgan fingerprint density at radius 3 is 2.88 bits per heavy atom. The Labute approximate surface area is 102 Å². The summed E-state index contributed by atoms with van der Waals surface area (Å²) in [6.45, 7) is 4.06. The monoisotopic (exact) mass is 233 g/mol. The second-order valence-corrected chi connectivity index (χ2v) is 4.78. The minimum absolute atomic E-state index is 0.435. The Morgan fingerprint density at radius 1 is 1.41 bits per heavy atom. The van der Waals surface area contributed by atoms with E-state index in [-0.39, 0.29) is 0 Å². The molecule has 3 heteroatoms. The van der Waals surface area contributed by atoms with Crippen LogP contribution in [0.3, 0.4) is 0 Å². The molecule has 1 N–H and O–H groups in total. The van der Waals surface area contributed by atoms with Crippen molar-refractivity contribution < 1.29 is 9.90 Å². The third-order valence-corrected chi connectivity index (χ3v) is 3.56. The molecule has 1 aromatic carbocycles. The molecular formula is C14H19NO2. The van der Waals surface area contributed by atoms with Gasteiger partial charge in [-0.2, -0.15) is 0 Å². The Bertz CT molecular complexity index is 403. The van der Waals surface area contributed by atoms with Gasteiger partial charge in [-0.3, -0.25) is 4.90 Å². The lowest BCUT2D eigenvalue weighted by Gasteiger charge is -2.33. The normalized spacial score (nSPS) is 21.4. The molecule has 1 aromatic rings. The van der Waals surface area contributed by atoms with Gasteiger partial charge in [0.2, 0.25) is 0 Å². The van der Waals surface area contributed by atoms with Crippen molar-refractivity contribution in [3.8, 4) is 0 Å². The molecule has 0 bridgehead atoms. The summed E-state index contributed by atoms with van der Waals surface area (Å²) in [5.74, 6) is -0.828. The van der Waals surface area contributed by atoms with Gasteiger partial charge in [0.25, 0.3) is 0 Å². The van der Waals surface area contributed by atoms with Crippen molar-refractivity contribution in [2.24, 2.45) is 0 Å². The third kappa shape index (κ3) is 2.86. The molecule has 1 heterocycles. The SMILES string of the molecule is CC1CCCCN1Cc1ccccc1C(=O)O. The van der Waals surface area contributed by atoms with E-state index in [0.29, 0.717) is 11.6 Å². The Morgan fingerprint density at radius 2 is 2.18 bits per heavy atom. The van der Waals surface area contributed by atoms with Crippen molar-refractivity contribution in [1.82, 2.24) is 4.90 Å². The van der Waals surface area contributed by atoms with E-state index in [4.69, 9.17) is 5.11 Å². The van der Waals surface area contributed by atoms with E-state index >= 15 is 0 Å². The van der Waals surface area contributed by atoms with Gasteiger partial charge in [-0.05, 0) is 37.9 Å². The molecule has 3 nitrogen and oxygen atoms in total. The van der Waals surface area contributed by atoms with Gasteiger partial charge in [-0.1, -0.05) is 24.6 Å². The number of hydrogen-bond donors (Lipinski definition) is 1. The number of likely N-dealkylation sites (tertiary alicyclic amines) is 1. The molecule has 1 unspecified atom stereocenters. The van der Waals surface area contributed by atoms with Crippen LogP contribution in [0.4, 0.5) is 0 Å². The van der Waals surface area contributed by atoms with Crippen LogP contribution < -0.4 is 0 Å². The van der Waals surface area contributed by atoms with Crippen LogP contribution in [0.15, 0.2) is 24.3 Å². The largest absolute Gasteiger partial charge is 0.478 e.